The van der Waals surface area contributed by atoms with E-state index < -0.39 is 0 Å². The number of methoxy groups -OCH3 is 2. The first-order valence-corrected chi connectivity index (χ1v) is 8.13. The van der Waals surface area contributed by atoms with Gasteiger partial charge < -0.3 is 25.3 Å². The number of hydrogen-bond acceptors (Lipinski definition) is 4. The molecule has 0 aliphatic carbocycles. The van der Waals surface area contributed by atoms with Crippen molar-refractivity contribution in [3.8, 4) is 17.2 Å². The predicted molar refractivity (Wildman–Crippen MR) is 99.8 cm³/mol. The molecule has 0 aromatic heterocycles. The second-order valence-corrected chi connectivity index (χ2v) is 5.56. The van der Waals surface area contributed by atoms with Gasteiger partial charge in [0.2, 0.25) is 0 Å². The van der Waals surface area contributed by atoms with Gasteiger partial charge in [-0.15, -0.1) is 0 Å². The monoisotopic (exact) mass is 363 g/mol. The molecule has 6 nitrogen and oxygen atoms in total. The first kappa shape index (κ1) is 18.7. The van der Waals surface area contributed by atoms with E-state index in [1.807, 2.05) is 30.3 Å². The summed E-state index contributed by atoms with van der Waals surface area (Å²) in [5.41, 5.74) is 6.83. The van der Waals surface area contributed by atoms with Gasteiger partial charge in [-0.3, -0.25) is 0 Å². The lowest BCUT2D eigenvalue weighted by atomic mass is 10.2. The molecule has 3 N–H and O–H groups in total. The maximum Gasteiger partial charge on any atom is 0.189 e. The molecule has 0 atom stereocenters. The van der Waals surface area contributed by atoms with E-state index in [1.165, 1.54) is 0 Å². The standard InChI is InChI=1S/C18H22ClN3O3/c1-23-16-8-3-13(11-17(16)24-2)12-22-18(20)21-9-10-25-15-6-4-14(19)5-7-15/h3-8,11H,9-10,12H2,1-2H3,(H3,20,21,22). The Bertz CT molecular complexity index is 705. The van der Waals surface area contributed by atoms with Crippen LogP contribution in [0.25, 0.3) is 0 Å². The molecular formula is C18H22ClN3O3. The highest BCUT2D eigenvalue weighted by Gasteiger charge is 2.04. The van der Waals surface area contributed by atoms with E-state index in [9.17, 15) is 0 Å². The molecule has 0 saturated heterocycles. The Morgan fingerprint density at radius 2 is 1.80 bits per heavy atom. The van der Waals surface area contributed by atoms with Crippen LogP contribution in [0, 0.1) is 0 Å². The zero-order valence-electron chi connectivity index (χ0n) is 14.3. The number of nitrogens with one attached hydrogen (secondary N) is 1. The molecule has 2 aromatic carbocycles. The van der Waals surface area contributed by atoms with Crippen molar-refractivity contribution in [2.24, 2.45) is 10.7 Å². The Morgan fingerprint density at radius 1 is 1.08 bits per heavy atom. The number of halogens is 1. The fourth-order valence-electron chi connectivity index (χ4n) is 2.09. The Balaban J connectivity index is 1.76. The van der Waals surface area contributed by atoms with E-state index in [4.69, 9.17) is 31.5 Å². The molecule has 7 heteroatoms. The normalized spacial score (nSPS) is 11.1. The van der Waals surface area contributed by atoms with Crippen LogP contribution in [0.2, 0.25) is 5.02 Å². The molecule has 0 spiro atoms. The number of guanidine groups is 1. The molecule has 2 aromatic rings. The average molecular weight is 364 g/mol. The Morgan fingerprint density at radius 3 is 2.48 bits per heavy atom. The van der Waals surface area contributed by atoms with Crippen molar-refractivity contribution in [3.63, 3.8) is 0 Å². The van der Waals surface area contributed by atoms with Gasteiger partial charge in [-0.05, 0) is 42.0 Å². The lowest BCUT2D eigenvalue weighted by Crippen LogP contribution is -2.34. The van der Waals surface area contributed by atoms with Crippen LogP contribution in [0.1, 0.15) is 5.56 Å². The van der Waals surface area contributed by atoms with E-state index in [0.717, 1.165) is 11.3 Å². The number of aliphatic imine (C=N–C) groups is 1. The molecule has 0 heterocycles. The van der Waals surface area contributed by atoms with Gasteiger partial charge in [-0.1, -0.05) is 17.7 Å². The summed E-state index contributed by atoms with van der Waals surface area (Å²) in [6, 6.07) is 12.8. The van der Waals surface area contributed by atoms with Crippen LogP contribution in [0.4, 0.5) is 0 Å². The maximum absolute atomic E-state index is 5.86. The van der Waals surface area contributed by atoms with Crippen molar-refractivity contribution >= 4 is 17.6 Å². The summed E-state index contributed by atoms with van der Waals surface area (Å²) >= 11 is 5.82. The third-order valence-corrected chi connectivity index (χ3v) is 3.62. The molecule has 0 saturated carbocycles. The van der Waals surface area contributed by atoms with Gasteiger partial charge in [0.15, 0.2) is 17.5 Å². The first-order chi connectivity index (χ1) is 12.1. The number of nitrogens with two attached hydrogens (primary N) is 1. The predicted octanol–water partition coefficient (Wildman–Crippen LogP) is 2.84. The number of benzene rings is 2. The van der Waals surface area contributed by atoms with Crippen LogP contribution < -0.4 is 25.3 Å². The fraction of sp³-hybridized carbons (Fsp3) is 0.278. The topological polar surface area (TPSA) is 78.1 Å². The van der Waals surface area contributed by atoms with Crippen molar-refractivity contribution < 1.29 is 14.2 Å². The molecule has 0 aliphatic rings. The van der Waals surface area contributed by atoms with Crippen LogP contribution in [-0.4, -0.2) is 33.3 Å². The van der Waals surface area contributed by atoms with Gasteiger partial charge in [0.05, 0.1) is 27.3 Å². The highest BCUT2D eigenvalue weighted by molar-refractivity contribution is 6.30. The largest absolute Gasteiger partial charge is 0.493 e. The molecule has 0 aliphatic heterocycles. The van der Waals surface area contributed by atoms with Crippen LogP contribution in [-0.2, 0) is 6.54 Å². The molecule has 0 fully saturated rings. The second kappa shape index (κ2) is 9.64. The maximum atomic E-state index is 5.86. The van der Waals surface area contributed by atoms with Gasteiger partial charge in [-0.2, -0.15) is 0 Å². The molecular weight excluding hydrogens is 342 g/mol. The van der Waals surface area contributed by atoms with Gasteiger partial charge in [0, 0.05) is 5.02 Å². The zero-order chi connectivity index (χ0) is 18.1. The number of nitrogens with zero attached hydrogens (tertiary/aromatic N) is 1. The van der Waals surface area contributed by atoms with Crippen LogP contribution in [0.15, 0.2) is 47.5 Å². The minimum absolute atomic E-state index is 0.356. The van der Waals surface area contributed by atoms with Gasteiger partial charge in [0.25, 0.3) is 0 Å². The molecule has 0 amide bonds. The van der Waals surface area contributed by atoms with Crippen molar-refractivity contribution in [1.82, 2.24) is 5.32 Å². The van der Waals surface area contributed by atoms with E-state index >= 15 is 0 Å². The first-order valence-electron chi connectivity index (χ1n) is 7.75. The molecule has 0 unspecified atom stereocenters. The summed E-state index contributed by atoms with van der Waals surface area (Å²) < 4.78 is 16.0. The fourth-order valence-corrected chi connectivity index (χ4v) is 2.22. The summed E-state index contributed by atoms with van der Waals surface area (Å²) in [5.74, 6) is 2.46. The van der Waals surface area contributed by atoms with Gasteiger partial charge >= 0.3 is 0 Å². The Kier molecular flexibility index (Phi) is 7.22. The van der Waals surface area contributed by atoms with E-state index in [2.05, 4.69) is 10.3 Å². The highest BCUT2D eigenvalue weighted by Crippen LogP contribution is 2.27. The van der Waals surface area contributed by atoms with Gasteiger partial charge in [0.1, 0.15) is 12.4 Å². The molecule has 25 heavy (non-hydrogen) atoms. The molecule has 0 radical (unpaired) electrons. The third-order valence-electron chi connectivity index (χ3n) is 3.37. The minimum Gasteiger partial charge on any atom is -0.493 e. The van der Waals surface area contributed by atoms with E-state index in [0.29, 0.717) is 42.2 Å². The highest BCUT2D eigenvalue weighted by atomic mass is 35.5. The van der Waals surface area contributed by atoms with Gasteiger partial charge in [-0.25, -0.2) is 4.99 Å². The van der Waals surface area contributed by atoms with Crippen LogP contribution in [0.5, 0.6) is 17.2 Å². The van der Waals surface area contributed by atoms with Crippen molar-refractivity contribution in [3.05, 3.63) is 53.1 Å². The zero-order valence-corrected chi connectivity index (χ0v) is 15.0. The second-order valence-electron chi connectivity index (χ2n) is 5.12. The van der Waals surface area contributed by atoms with E-state index in [1.54, 1.807) is 26.4 Å². The SMILES string of the molecule is COc1ccc(CN=C(N)NCCOc2ccc(Cl)cc2)cc1OC. The lowest BCUT2D eigenvalue weighted by Gasteiger charge is -2.10. The Hall–Kier alpha value is -2.60. The lowest BCUT2D eigenvalue weighted by molar-refractivity contribution is 0.322. The van der Waals surface area contributed by atoms with Crippen LogP contribution in [0.3, 0.4) is 0 Å². The summed E-state index contributed by atoms with van der Waals surface area (Å²) in [7, 11) is 3.20. The van der Waals surface area contributed by atoms with E-state index in [-0.39, 0.29) is 0 Å². The quantitative estimate of drug-likeness (QED) is 0.428. The smallest absolute Gasteiger partial charge is 0.189 e. The number of ether oxygens (including phenoxy) is 3. The summed E-state index contributed by atoms with van der Waals surface area (Å²) in [4.78, 5) is 4.30. The summed E-state index contributed by atoms with van der Waals surface area (Å²) in [6.07, 6.45) is 0. The minimum atomic E-state index is 0.356. The summed E-state index contributed by atoms with van der Waals surface area (Å²) in [6.45, 7) is 1.45. The third kappa shape index (κ3) is 6.08. The van der Waals surface area contributed by atoms with Crippen molar-refractivity contribution in [1.29, 1.82) is 0 Å². The van der Waals surface area contributed by atoms with Crippen molar-refractivity contribution in [2.75, 3.05) is 27.4 Å². The number of rotatable bonds is 8. The molecule has 0 bridgehead atoms. The molecule has 134 valence electrons. The Labute approximate surface area is 152 Å². The van der Waals surface area contributed by atoms with Crippen molar-refractivity contribution in [2.45, 2.75) is 6.54 Å². The number of hydrogen-bond donors (Lipinski definition) is 2. The molecule has 2 rings (SSSR count). The average Bonchev–Trinajstić information content (AvgIpc) is 2.64. The summed E-state index contributed by atoms with van der Waals surface area (Å²) in [5, 5.41) is 3.68. The van der Waals surface area contributed by atoms with Crippen LogP contribution >= 0.6 is 11.6 Å².